The molecule has 0 aliphatic heterocycles. The van der Waals surface area contributed by atoms with E-state index in [1.54, 1.807) is 0 Å². The van der Waals surface area contributed by atoms with Crippen LogP contribution < -0.4 is 11.1 Å². The van der Waals surface area contributed by atoms with E-state index in [0.717, 1.165) is 0 Å². The molecule has 0 aromatic heterocycles. The molecule has 0 rings (SSSR count). The van der Waals surface area contributed by atoms with Crippen molar-refractivity contribution in [3.8, 4) is 0 Å². The van der Waals surface area contributed by atoms with E-state index in [1.165, 1.54) is 6.92 Å². The van der Waals surface area contributed by atoms with E-state index in [9.17, 15) is 14.2 Å². The Bertz CT molecular complexity index is 273. The summed E-state index contributed by atoms with van der Waals surface area (Å²) in [7, 11) is -4.27. The molecular formula is C6H13N2O5P. The van der Waals surface area contributed by atoms with Gasteiger partial charge < -0.3 is 20.8 Å². The van der Waals surface area contributed by atoms with Crippen molar-refractivity contribution >= 4 is 19.3 Å². The van der Waals surface area contributed by atoms with Crippen LogP contribution in [0.3, 0.4) is 0 Å². The monoisotopic (exact) mass is 224 g/mol. The Morgan fingerprint density at radius 3 is 2.36 bits per heavy atom. The van der Waals surface area contributed by atoms with Crippen molar-refractivity contribution in [3.63, 3.8) is 0 Å². The summed E-state index contributed by atoms with van der Waals surface area (Å²) in [6.45, 7) is 1.27. The van der Waals surface area contributed by atoms with E-state index >= 15 is 0 Å². The zero-order valence-electron chi connectivity index (χ0n) is 7.64. The standard InChI is InChI=1S/C6H13N2O5P/c1-4(9)2-5(7)6(10)8-3-14(11,12)13/h5H,2-3,7H2,1H3,(H,8,10)(H2,11,12,13). The molecule has 0 heterocycles. The Hall–Kier alpha value is -0.750. The van der Waals surface area contributed by atoms with Crippen LogP contribution in [-0.4, -0.2) is 33.8 Å². The van der Waals surface area contributed by atoms with Gasteiger partial charge in [-0.25, -0.2) is 0 Å². The van der Waals surface area contributed by atoms with E-state index in [4.69, 9.17) is 15.5 Å². The lowest BCUT2D eigenvalue weighted by atomic mass is 10.1. The smallest absolute Gasteiger partial charge is 0.343 e. The Balaban J connectivity index is 3.97. The summed E-state index contributed by atoms with van der Waals surface area (Å²) in [6, 6.07) is -1.06. The van der Waals surface area contributed by atoms with Gasteiger partial charge in [0.1, 0.15) is 12.1 Å². The molecule has 0 radical (unpaired) electrons. The molecule has 0 aliphatic carbocycles. The van der Waals surface area contributed by atoms with E-state index in [0.29, 0.717) is 0 Å². The van der Waals surface area contributed by atoms with Gasteiger partial charge in [-0.2, -0.15) is 0 Å². The highest BCUT2D eigenvalue weighted by molar-refractivity contribution is 7.51. The lowest BCUT2D eigenvalue weighted by Gasteiger charge is -2.10. The minimum atomic E-state index is -4.27. The number of nitrogens with one attached hydrogen (secondary N) is 1. The van der Waals surface area contributed by atoms with Crippen molar-refractivity contribution in [2.45, 2.75) is 19.4 Å². The number of carbonyl (C=O) groups excluding carboxylic acids is 2. The maximum Gasteiger partial charge on any atom is 0.344 e. The van der Waals surface area contributed by atoms with Crippen LogP contribution in [0.15, 0.2) is 0 Å². The molecule has 0 saturated heterocycles. The molecule has 5 N–H and O–H groups in total. The molecule has 0 saturated carbocycles. The van der Waals surface area contributed by atoms with Crippen LogP contribution in [-0.2, 0) is 14.2 Å². The fourth-order valence-electron chi connectivity index (χ4n) is 0.714. The highest BCUT2D eigenvalue weighted by Crippen LogP contribution is 2.31. The van der Waals surface area contributed by atoms with Crippen molar-refractivity contribution < 1.29 is 23.9 Å². The molecule has 1 atom stereocenters. The van der Waals surface area contributed by atoms with Gasteiger partial charge in [0.2, 0.25) is 5.91 Å². The molecule has 0 fully saturated rings. The number of carbonyl (C=O) groups is 2. The van der Waals surface area contributed by atoms with Gasteiger partial charge in [0, 0.05) is 6.42 Å². The summed E-state index contributed by atoms with van der Waals surface area (Å²) < 4.78 is 10.4. The Kier molecular flexibility index (Phi) is 4.93. The van der Waals surface area contributed by atoms with Gasteiger partial charge in [-0.05, 0) is 6.92 Å². The zero-order valence-corrected chi connectivity index (χ0v) is 8.53. The highest BCUT2D eigenvalue weighted by Gasteiger charge is 2.19. The Morgan fingerprint density at radius 2 is 2.00 bits per heavy atom. The topological polar surface area (TPSA) is 130 Å². The van der Waals surface area contributed by atoms with E-state index < -0.39 is 25.8 Å². The number of hydrogen-bond donors (Lipinski definition) is 4. The zero-order chi connectivity index (χ0) is 11.4. The molecular weight excluding hydrogens is 211 g/mol. The largest absolute Gasteiger partial charge is 0.344 e. The van der Waals surface area contributed by atoms with Gasteiger partial charge in [-0.15, -0.1) is 0 Å². The van der Waals surface area contributed by atoms with E-state index in [2.05, 4.69) is 0 Å². The van der Waals surface area contributed by atoms with Crippen LogP contribution >= 0.6 is 7.60 Å². The van der Waals surface area contributed by atoms with Crippen molar-refractivity contribution in [1.29, 1.82) is 0 Å². The maximum absolute atomic E-state index is 11.0. The fraction of sp³-hybridized carbons (Fsp3) is 0.667. The summed E-state index contributed by atoms with van der Waals surface area (Å²) in [5, 5.41) is 1.95. The normalized spacial score (nSPS) is 13.4. The molecule has 0 aromatic rings. The second kappa shape index (κ2) is 5.21. The predicted molar refractivity (Wildman–Crippen MR) is 48.3 cm³/mol. The molecule has 1 amide bonds. The highest BCUT2D eigenvalue weighted by atomic mass is 31.2. The first-order valence-corrected chi connectivity index (χ1v) is 5.59. The van der Waals surface area contributed by atoms with Crippen LogP contribution in [0.1, 0.15) is 13.3 Å². The second-order valence-electron chi connectivity index (χ2n) is 2.88. The Labute approximate surface area is 80.8 Å². The van der Waals surface area contributed by atoms with Crippen molar-refractivity contribution in [2.75, 3.05) is 6.29 Å². The first-order chi connectivity index (χ1) is 6.22. The van der Waals surface area contributed by atoms with Gasteiger partial charge in [-0.1, -0.05) is 0 Å². The number of hydrogen-bond acceptors (Lipinski definition) is 4. The number of amides is 1. The molecule has 14 heavy (non-hydrogen) atoms. The fourth-order valence-corrected chi connectivity index (χ4v) is 1.08. The van der Waals surface area contributed by atoms with Crippen LogP contribution in [0, 0.1) is 0 Å². The molecule has 1 unspecified atom stereocenters. The first kappa shape index (κ1) is 13.2. The summed E-state index contributed by atoms with van der Waals surface area (Å²) >= 11 is 0. The quantitative estimate of drug-likeness (QED) is 0.422. The third kappa shape index (κ3) is 6.73. The molecule has 8 heteroatoms. The first-order valence-electron chi connectivity index (χ1n) is 3.79. The summed E-state index contributed by atoms with van der Waals surface area (Å²) in [5.74, 6) is -1.01. The molecule has 0 aromatic carbocycles. The van der Waals surface area contributed by atoms with Crippen LogP contribution in [0.25, 0.3) is 0 Å². The third-order valence-corrected chi connectivity index (χ3v) is 1.87. The maximum atomic E-state index is 11.0. The number of ketones is 1. The average Bonchev–Trinajstić information content (AvgIpc) is 1.97. The van der Waals surface area contributed by atoms with Crippen molar-refractivity contribution in [3.05, 3.63) is 0 Å². The summed E-state index contributed by atoms with van der Waals surface area (Å²) in [4.78, 5) is 38.4. The van der Waals surface area contributed by atoms with Gasteiger partial charge in [0.25, 0.3) is 0 Å². The van der Waals surface area contributed by atoms with Crippen LogP contribution in [0.2, 0.25) is 0 Å². The second-order valence-corrected chi connectivity index (χ2v) is 4.52. The van der Waals surface area contributed by atoms with E-state index in [1.807, 2.05) is 5.32 Å². The average molecular weight is 224 g/mol. The van der Waals surface area contributed by atoms with Crippen molar-refractivity contribution in [1.82, 2.24) is 5.32 Å². The number of nitrogens with two attached hydrogens (primary N) is 1. The van der Waals surface area contributed by atoms with E-state index in [-0.39, 0.29) is 12.2 Å². The van der Waals surface area contributed by atoms with Gasteiger partial charge in [-0.3, -0.25) is 14.2 Å². The lowest BCUT2D eigenvalue weighted by Crippen LogP contribution is -2.41. The Morgan fingerprint density at radius 1 is 1.50 bits per heavy atom. The molecule has 0 bridgehead atoms. The minimum Gasteiger partial charge on any atom is -0.343 e. The minimum absolute atomic E-state index is 0.146. The summed E-state index contributed by atoms with van der Waals surface area (Å²) in [6.07, 6.45) is -0.912. The summed E-state index contributed by atoms with van der Waals surface area (Å²) in [5.41, 5.74) is 5.26. The van der Waals surface area contributed by atoms with Crippen LogP contribution in [0.5, 0.6) is 0 Å². The third-order valence-electron chi connectivity index (χ3n) is 1.30. The van der Waals surface area contributed by atoms with Gasteiger partial charge >= 0.3 is 7.60 Å². The van der Waals surface area contributed by atoms with Crippen LogP contribution in [0.4, 0.5) is 0 Å². The predicted octanol–water partition coefficient (Wildman–Crippen LogP) is -1.46. The molecule has 0 spiro atoms. The lowest BCUT2D eigenvalue weighted by molar-refractivity contribution is -0.125. The van der Waals surface area contributed by atoms with Crippen molar-refractivity contribution in [2.24, 2.45) is 5.73 Å². The molecule has 7 nitrogen and oxygen atoms in total. The number of rotatable bonds is 5. The molecule has 82 valence electrons. The number of Topliss-reactive ketones (excluding diaryl/α,β-unsaturated/α-hetero) is 1. The van der Waals surface area contributed by atoms with Gasteiger partial charge in [0.05, 0.1) is 6.04 Å². The SMILES string of the molecule is CC(=O)CC(N)C(=O)NCP(=O)(O)O. The molecule has 0 aliphatic rings. The van der Waals surface area contributed by atoms with Gasteiger partial charge in [0.15, 0.2) is 0 Å².